The molecule has 0 aliphatic rings. The molecule has 0 radical (unpaired) electrons. The molecule has 8 heteroatoms. The summed E-state index contributed by atoms with van der Waals surface area (Å²) < 4.78 is 10.8. The molecule has 2 N–H and O–H groups in total. The number of aromatic nitrogens is 2. The predicted molar refractivity (Wildman–Crippen MR) is 165 cm³/mol. The quantitative estimate of drug-likeness (QED) is 0.166. The van der Waals surface area contributed by atoms with Crippen molar-refractivity contribution in [2.75, 3.05) is 13.2 Å². The Morgan fingerprint density at radius 2 is 0.929 bits per heavy atom. The number of benzene rings is 2. The smallest absolute Gasteiger partial charge is 0.335 e. The molecule has 0 spiro atoms. The number of carboxylic acids is 2. The van der Waals surface area contributed by atoms with E-state index < -0.39 is 11.9 Å². The van der Waals surface area contributed by atoms with Gasteiger partial charge in [-0.1, -0.05) is 38.8 Å². The maximum Gasteiger partial charge on any atom is 0.335 e. The van der Waals surface area contributed by atoms with Crippen LogP contribution in [0.5, 0.6) is 11.5 Å². The Labute approximate surface area is 247 Å². The van der Waals surface area contributed by atoms with Gasteiger partial charge in [-0.05, 0) is 96.8 Å². The van der Waals surface area contributed by atoms with Crippen LogP contribution in [0, 0.1) is 0 Å². The summed E-state index contributed by atoms with van der Waals surface area (Å²) >= 11 is 0. The van der Waals surface area contributed by atoms with Crippen molar-refractivity contribution in [1.82, 2.24) is 9.97 Å². The SMILES string of the molecule is C(=C\c1ccncc1)/c1ccncc1.CCCCOc1ccc(C(=O)O)cc1.CCCCOc1ccc(C(=O)O)cc1. The van der Waals surface area contributed by atoms with E-state index in [1.807, 2.05) is 24.3 Å². The van der Waals surface area contributed by atoms with Crippen molar-refractivity contribution in [3.8, 4) is 11.5 Å². The number of hydrogen-bond acceptors (Lipinski definition) is 6. The molecule has 0 bridgehead atoms. The Hall–Kier alpha value is -4.98. The van der Waals surface area contributed by atoms with Gasteiger partial charge in [0.2, 0.25) is 0 Å². The van der Waals surface area contributed by atoms with Crippen LogP contribution in [0.2, 0.25) is 0 Å². The minimum Gasteiger partial charge on any atom is -0.494 e. The highest BCUT2D eigenvalue weighted by atomic mass is 16.5. The van der Waals surface area contributed by atoms with E-state index in [1.165, 1.54) is 0 Å². The lowest BCUT2D eigenvalue weighted by molar-refractivity contribution is 0.0686. The number of hydrogen-bond donors (Lipinski definition) is 2. The summed E-state index contributed by atoms with van der Waals surface area (Å²) in [4.78, 5) is 29.0. The highest BCUT2D eigenvalue weighted by Gasteiger charge is 2.02. The molecule has 0 aliphatic heterocycles. The van der Waals surface area contributed by atoms with Crippen LogP contribution in [0.3, 0.4) is 0 Å². The zero-order valence-corrected chi connectivity index (χ0v) is 24.1. The number of carbonyl (C=O) groups is 2. The molecular weight excluding hydrogens is 532 g/mol. The third-order valence-electron chi connectivity index (χ3n) is 5.62. The van der Waals surface area contributed by atoms with E-state index in [1.54, 1.807) is 73.3 Å². The summed E-state index contributed by atoms with van der Waals surface area (Å²) in [6.45, 7) is 5.56. The minimum absolute atomic E-state index is 0.285. The summed E-state index contributed by atoms with van der Waals surface area (Å²) in [5, 5.41) is 17.3. The first-order chi connectivity index (χ1) is 20.4. The first-order valence-corrected chi connectivity index (χ1v) is 13.8. The maximum atomic E-state index is 10.5. The van der Waals surface area contributed by atoms with E-state index in [9.17, 15) is 9.59 Å². The summed E-state index contributed by atoms with van der Waals surface area (Å²) in [5.41, 5.74) is 2.87. The van der Waals surface area contributed by atoms with Gasteiger partial charge in [0.05, 0.1) is 24.3 Å². The average Bonchev–Trinajstić information content (AvgIpc) is 3.02. The highest BCUT2D eigenvalue weighted by Crippen LogP contribution is 2.13. The molecule has 0 atom stereocenters. The van der Waals surface area contributed by atoms with E-state index in [0.717, 1.165) is 48.3 Å². The lowest BCUT2D eigenvalue weighted by Crippen LogP contribution is -1.98. The van der Waals surface area contributed by atoms with Crippen molar-refractivity contribution in [2.24, 2.45) is 0 Å². The van der Waals surface area contributed by atoms with E-state index in [-0.39, 0.29) is 11.1 Å². The van der Waals surface area contributed by atoms with Crippen molar-refractivity contribution < 1.29 is 29.3 Å². The van der Waals surface area contributed by atoms with Gasteiger partial charge < -0.3 is 19.7 Å². The van der Waals surface area contributed by atoms with Gasteiger partial charge in [0.25, 0.3) is 0 Å². The number of nitrogens with zero attached hydrogens (tertiary/aromatic N) is 2. The molecule has 4 rings (SSSR count). The average molecular weight is 571 g/mol. The Bertz CT molecular complexity index is 1220. The molecule has 0 saturated carbocycles. The first kappa shape index (κ1) is 33.2. The topological polar surface area (TPSA) is 119 Å². The summed E-state index contributed by atoms with van der Waals surface area (Å²) in [6, 6.07) is 20.8. The van der Waals surface area contributed by atoms with Crippen molar-refractivity contribution in [1.29, 1.82) is 0 Å². The second-order valence-corrected chi connectivity index (χ2v) is 8.96. The van der Waals surface area contributed by atoms with Crippen molar-refractivity contribution in [2.45, 2.75) is 39.5 Å². The Morgan fingerprint density at radius 1 is 0.595 bits per heavy atom. The monoisotopic (exact) mass is 570 g/mol. The van der Waals surface area contributed by atoms with Crippen LogP contribution < -0.4 is 9.47 Å². The van der Waals surface area contributed by atoms with Gasteiger partial charge in [0, 0.05) is 24.8 Å². The summed E-state index contributed by atoms with van der Waals surface area (Å²) in [5.74, 6) is -0.373. The fourth-order valence-corrected chi connectivity index (χ4v) is 3.20. The molecule has 2 aromatic carbocycles. The summed E-state index contributed by atoms with van der Waals surface area (Å²) in [6.07, 6.45) is 15.5. The van der Waals surface area contributed by atoms with Crippen LogP contribution in [0.15, 0.2) is 97.6 Å². The first-order valence-electron chi connectivity index (χ1n) is 13.8. The van der Waals surface area contributed by atoms with E-state index in [0.29, 0.717) is 13.2 Å². The highest BCUT2D eigenvalue weighted by molar-refractivity contribution is 5.88. The van der Waals surface area contributed by atoms with Crippen LogP contribution in [0.1, 0.15) is 71.4 Å². The van der Waals surface area contributed by atoms with Gasteiger partial charge in [-0.25, -0.2) is 9.59 Å². The Morgan fingerprint density at radius 3 is 1.21 bits per heavy atom. The third-order valence-corrected chi connectivity index (χ3v) is 5.62. The van der Waals surface area contributed by atoms with E-state index >= 15 is 0 Å². The van der Waals surface area contributed by atoms with Gasteiger partial charge in [0.1, 0.15) is 11.5 Å². The molecule has 220 valence electrons. The maximum absolute atomic E-state index is 10.5. The summed E-state index contributed by atoms with van der Waals surface area (Å²) in [7, 11) is 0. The van der Waals surface area contributed by atoms with Crippen LogP contribution in [0.25, 0.3) is 12.2 Å². The van der Waals surface area contributed by atoms with Gasteiger partial charge >= 0.3 is 11.9 Å². The standard InChI is InChI=1S/C12H10N2.2C11H14O3/c1(11-3-7-13-8-4-11)2-12-5-9-14-10-6-12;2*1-2-3-8-14-10-6-4-9(5-7-10)11(12)13/h1-10H;2*4-7H,2-3,8H2,1H3,(H,12,13)/b2-1+;;. The largest absolute Gasteiger partial charge is 0.494 e. The lowest BCUT2D eigenvalue weighted by Gasteiger charge is -2.04. The number of pyridine rings is 2. The second-order valence-electron chi connectivity index (χ2n) is 8.96. The molecule has 0 fully saturated rings. The molecular formula is C34H38N2O6. The molecule has 8 nitrogen and oxygen atoms in total. The molecule has 0 saturated heterocycles. The molecule has 2 heterocycles. The predicted octanol–water partition coefficient (Wildman–Crippen LogP) is 7.77. The number of carboxylic acid groups (broad SMARTS) is 2. The molecule has 0 aliphatic carbocycles. The third kappa shape index (κ3) is 13.9. The second kappa shape index (κ2) is 20.0. The molecule has 42 heavy (non-hydrogen) atoms. The van der Waals surface area contributed by atoms with E-state index in [4.69, 9.17) is 19.7 Å². The van der Waals surface area contributed by atoms with Crippen LogP contribution in [0.4, 0.5) is 0 Å². The van der Waals surface area contributed by atoms with Crippen molar-refractivity contribution in [3.05, 3.63) is 120 Å². The molecule has 4 aromatic rings. The fourth-order valence-electron chi connectivity index (χ4n) is 3.20. The van der Waals surface area contributed by atoms with Crippen LogP contribution in [-0.2, 0) is 0 Å². The minimum atomic E-state index is -0.912. The fraction of sp³-hybridized carbons (Fsp3) is 0.235. The molecule has 2 aromatic heterocycles. The zero-order valence-electron chi connectivity index (χ0n) is 24.1. The van der Waals surface area contributed by atoms with Crippen molar-refractivity contribution >= 4 is 24.1 Å². The lowest BCUT2D eigenvalue weighted by atomic mass is 10.2. The van der Waals surface area contributed by atoms with Crippen LogP contribution in [-0.4, -0.2) is 45.3 Å². The zero-order chi connectivity index (χ0) is 30.4. The van der Waals surface area contributed by atoms with E-state index in [2.05, 4.69) is 36.0 Å². The Balaban J connectivity index is 0.000000220. The van der Waals surface area contributed by atoms with Gasteiger partial charge in [-0.3, -0.25) is 9.97 Å². The number of ether oxygens (including phenoxy) is 2. The number of aromatic carboxylic acids is 2. The molecule has 0 unspecified atom stereocenters. The van der Waals surface area contributed by atoms with Crippen LogP contribution >= 0.6 is 0 Å². The van der Waals surface area contributed by atoms with Gasteiger partial charge in [0.15, 0.2) is 0 Å². The number of rotatable bonds is 12. The molecule has 0 amide bonds. The van der Waals surface area contributed by atoms with Crippen molar-refractivity contribution in [3.63, 3.8) is 0 Å². The van der Waals surface area contributed by atoms with Gasteiger partial charge in [-0.2, -0.15) is 0 Å². The Kier molecular flexibility index (Phi) is 15.8. The normalized spacial score (nSPS) is 10.0. The van der Waals surface area contributed by atoms with Gasteiger partial charge in [-0.15, -0.1) is 0 Å². The number of unbranched alkanes of at least 4 members (excludes halogenated alkanes) is 2.